The maximum Gasteiger partial charge on any atom is 0.263 e. The van der Waals surface area contributed by atoms with Gasteiger partial charge in [-0.15, -0.1) is 11.8 Å². The fraction of sp³-hybridized carbons (Fsp3) is 0.432. The first-order chi connectivity index (χ1) is 27.7. The Labute approximate surface area is 337 Å². The van der Waals surface area contributed by atoms with Crippen LogP contribution in [-0.2, 0) is 14.4 Å². The second kappa shape index (κ2) is 18.9. The molecule has 3 aromatic rings. The molecule has 1 aromatic heterocycles. The summed E-state index contributed by atoms with van der Waals surface area (Å²) in [5.74, 6) is -0.152. The Hall–Kier alpha value is -5.14. The van der Waals surface area contributed by atoms with Gasteiger partial charge in [0.25, 0.3) is 17.7 Å². The second-order valence-corrected chi connectivity index (χ2v) is 16.5. The first-order valence-electron chi connectivity index (χ1n) is 20.2. The Balaban J connectivity index is 0.789. The van der Waals surface area contributed by atoms with Crippen LogP contribution in [0.15, 0.2) is 78.0 Å². The van der Waals surface area contributed by atoms with Crippen molar-refractivity contribution < 1.29 is 28.8 Å². The molecule has 0 bridgehead atoms. The molecule has 0 spiro atoms. The molecule has 2 N–H and O–H groups in total. The van der Waals surface area contributed by atoms with Crippen LogP contribution in [0.5, 0.6) is 0 Å². The molecule has 12 nitrogen and oxygen atoms in total. The van der Waals surface area contributed by atoms with Crippen molar-refractivity contribution in [2.45, 2.75) is 74.6 Å². The molecule has 3 fully saturated rings. The van der Waals surface area contributed by atoms with E-state index in [0.29, 0.717) is 29.5 Å². The minimum absolute atomic E-state index is 0.0914. The molecule has 6 amide bonds. The van der Waals surface area contributed by atoms with Gasteiger partial charge in [-0.2, -0.15) is 0 Å². The predicted octanol–water partition coefficient (Wildman–Crippen LogP) is 5.31. The number of nitrogens with zero attached hydrogens (tertiary/aromatic N) is 4. The van der Waals surface area contributed by atoms with Gasteiger partial charge in [0.05, 0.1) is 11.1 Å². The summed E-state index contributed by atoms with van der Waals surface area (Å²) in [5, 5.41) is 5.20. The lowest BCUT2D eigenvalue weighted by Gasteiger charge is -2.33. The molecule has 57 heavy (non-hydrogen) atoms. The lowest BCUT2D eigenvalue weighted by atomic mass is 9.88. The molecule has 13 heteroatoms. The fourth-order valence-electron chi connectivity index (χ4n) is 8.36. The highest BCUT2D eigenvalue weighted by Crippen LogP contribution is 2.35. The smallest absolute Gasteiger partial charge is 0.263 e. The minimum Gasteiger partial charge on any atom is -0.353 e. The van der Waals surface area contributed by atoms with Crippen molar-refractivity contribution in [2.24, 2.45) is 5.92 Å². The van der Waals surface area contributed by atoms with Crippen LogP contribution in [0.25, 0.3) is 6.08 Å². The Morgan fingerprint density at radius 3 is 2.40 bits per heavy atom. The topological polar surface area (TPSA) is 149 Å². The van der Waals surface area contributed by atoms with Crippen LogP contribution in [0.3, 0.4) is 0 Å². The number of benzene rings is 2. The summed E-state index contributed by atoms with van der Waals surface area (Å²) < 4.78 is 0. The largest absolute Gasteiger partial charge is 0.353 e. The van der Waals surface area contributed by atoms with Crippen LogP contribution in [0.2, 0.25) is 0 Å². The fourth-order valence-corrected chi connectivity index (χ4v) is 9.44. The predicted molar refractivity (Wildman–Crippen MR) is 217 cm³/mol. The number of nitrogens with one attached hydrogen (secondary N) is 2. The number of thioether (sulfide) groups is 1. The molecule has 5 heterocycles. The van der Waals surface area contributed by atoms with E-state index in [9.17, 15) is 28.8 Å². The summed E-state index contributed by atoms with van der Waals surface area (Å²) in [6.07, 6.45) is 14.1. The second-order valence-electron chi connectivity index (χ2n) is 15.4. The minimum atomic E-state index is -0.974. The molecular formula is C44H50N6O6S. The maximum absolute atomic E-state index is 13.4. The van der Waals surface area contributed by atoms with Crippen molar-refractivity contribution in [2.75, 3.05) is 45.0 Å². The van der Waals surface area contributed by atoms with E-state index >= 15 is 0 Å². The zero-order valence-corrected chi connectivity index (χ0v) is 33.0. The van der Waals surface area contributed by atoms with Crippen LogP contribution in [0.1, 0.15) is 106 Å². The van der Waals surface area contributed by atoms with Crippen molar-refractivity contribution in [1.29, 1.82) is 0 Å². The van der Waals surface area contributed by atoms with E-state index in [2.05, 4.69) is 32.7 Å². The van der Waals surface area contributed by atoms with Crippen molar-refractivity contribution in [3.8, 4) is 0 Å². The van der Waals surface area contributed by atoms with E-state index in [4.69, 9.17) is 0 Å². The third-order valence-electron chi connectivity index (χ3n) is 11.7. The standard InChI is InChI=1S/C44H50N6O6S/c51-38(15-9-31-6-4-21-45-29-31)46-22-2-1-5-30-17-25-49(26-18-30)42(54)34-12-10-32(11-13-34)33-19-23-48(24-20-33)27-28-57-37-8-3-7-35-40(37)44(56)50(43(35)55)36-14-16-39(52)47-41(36)53/h3-4,6-13,15,21,29-30,33,36H,1-2,5,14,16-20,22-28H2,(H,46,51)(H,47,52,53)/b15-9+. The molecular weight excluding hydrogens is 741 g/mol. The van der Waals surface area contributed by atoms with Gasteiger partial charge in [-0.3, -0.25) is 44.0 Å². The quantitative estimate of drug-likeness (QED) is 0.0960. The van der Waals surface area contributed by atoms with E-state index in [1.165, 1.54) is 5.56 Å². The van der Waals surface area contributed by atoms with Gasteiger partial charge in [0.15, 0.2) is 0 Å². The number of carbonyl (C=O) groups excluding carboxylic acids is 6. The number of aromatic nitrogens is 1. The number of likely N-dealkylation sites (tertiary alicyclic amines) is 2. The molecule has 0 saturated carbocycles. The number of unbranched alkanes of at least 4 members (excludes halogenated alkanes) is 1. The molecule has 1 unspecified atom stereocenters. The molecule has 3 saturated heterocycles. The Morgan fingerprint density at radius 1 is 0.877 bits per heavy atom. The third kappa shape index (κ3) is 9.88. The van der Waals surface area contributed by atoms with Gasteiger partial charge >= 0.3 is 0 Å². The van der Waals surface area contributed by atoms with Gasteiger partial charge in [0.1, 0.15) is 6.04 Å². The van der Waals surface area contributed by atoms with E-state index < -0.39 is 29.7 Å². The average molecular weight is 791 g/mol. The van der Waals surface area contributed by atoms with Crippen LogP contribution in [-0.4, -0.2) is 106 Å². The molecule has 0 radical (unpaired) electrons. The zero-order valence-electron chi connectivity index (χ0n) is 32.2. The van der Waals surface area contributed by atoms with E-state index in [-0.39, 0.29) is 24.7 Å². The number of fused-ring (bicyclic) bond motifs is 1. The Morgan fingerprint density at radius 2 is 1.67 bits per heavy atom. The van der Waals surface area contributed by atoms with Crippen LogP contribution >= 0.6 is 11.8 Å². The zero-order chi connectivity index (χ0) is 39.7. The number of imide groups is 2. The maximum atomic E-state index is 13.4. The van der Waals surface area contributed by atoms with Crippen LogP contribution in [0, 0.1) is 5.92 Å². The number of amides is 6. The highest BCUT2D eigenvalue weighted by molar-refractivity contribution is 7.99. The molecule has 0 aliphatic carbocycles. The number of rotatable bonds is 14. The molecule has 1 atom stereocenters. The highest BCUT2D eigenvalue weighted by atomic mass is 32.2. The number of carbonyl (C=O) groups is 6. The lowest BCUT2D eigenvalue weighted by Crippen LogP contribution is -2.54. The summed E-state index contributed by atoms with van der Waals surface area (Å²) in [4.78, 5) is 86.4. The third-order valence-corrected chi connectivity index (χ3v) is 12.7. The normalized spacial score (nSPS) is 19.6. The summed E-state index contributed by atoms with van der Waals surface area (Å²) in [7, 11) is 0. The van der Waals surface area contributed by atoms with Gasteiger partial charge in [-0.05, 0) is 111 Å². The molecule has 7 rings (SSSR count). The number of hydrogen-bond donors (Lipinski definition) is 2. The van der Waals surface area contributed by atoms with Crippen LogP contribution in [0.4, 0.5) is 0 Å². The van der Waals surface area contributed by atoms with Crippen molar-refractivity contribution in [3.05, 3.63) is 101 Å². The first-order valence-corrected chi connectivity index (χ1v) is 21.2. The SMILES string of the molecule is O=C(/C=C/c1cccnc1)NCCCCC1CCN(C(=O)c2ccc(C3CCN(CCSc4cccc5c4C(=O)N(C4CCC(=O)NC4=O)C5=O)CC3)cc2)CC1. The van der Waals surface area contributed by atoms with Gasteiger partial charge in [0, 0.05) is 67.3 Å². The highest BCUT2D eigenvalue weighted by Gasteiger charge is 2.45. The first kappa shape index (κ1) is 40.1. The average Bonchev–Trinajstić information content (AvgIpc) is 3.49. The number of hydrogen-bond acceptors (Lipinski definition) is 9. The van der Waals surface area contributed by atoms with E-state index in [1.807, 2.05) is 35.2 Å². The molecule has 2 aromatic carbocycles. The lowest BCUT2D eigenvalue weighted by molar-refractivity contribution is -0.136. The van der Waals surface area contributed by atoms with Crippen LogP contribution < -0.4 is 10.6 Å². The Bertz CT molecular complexity index is 1990. The summed E-state index contributed by atoms with van der Waals surface area (Å²) in [6, 6.07) is 16.2. The van der Waals surface area contributed by atoms with Gasteiger partial charge in [0.2, 0.25) is 17.7 Å². The van der Waals surface area contributed by atoms with Crippen molar-refractivity contribution in [1.82, 2.24) is 30.3 Å². The molecule has 4 aliphatic heterocycles. The van der Waals surface area contributed by atoms with Gasteiger partial charge in [-0.25, -0.2) is 0 Å². The van der Waals surface area contributed by atoms with Crippen molar-refractivity contribution in [3.63, 3.8) is 0 Å². The van der Waals surface area contributed by atoms with Gasteiger partial charge in [-0.1, -0.05) is 37.1 Å². The van der Waals surface area contributed by atoms with E-state index in [1.54, 1.807) is 48.4 Å². The summed E-state index contributed by atoms with van der Waals surface area (Å²) in [6.45, 7) is 4.96. The summed E-state index contributed by atoms with van der Waals surface area (Å²) in [5.41, 5.74) is 3.56. The Kier molecular flexibility index (Phi) is 13.3. The number of pyridine rings is 1. The van der Waals surface area contributed by atoms with Crippen molar-refractivity contribution >= 4 is 53.3 Å². The van der Waals surface area contributed by atoms with Gasteiger partial charge < -0.3 is 15.1 Å². The molecule has 298 valence electrons. The number of piperidine rings is 3. The van der Waals surface area contributed by atoms with E-state index in [0.717, 1.165) is 104 Å². The summed E-state index contributed by atoms with van der Waals surface area (Å²) >= 11 is 1.55. The molecule has 4 aliphatic rings. The monoisotopic (exact) mass is 790 g/mol.